The molecular weight excluding hydrogens is 462 g/mol. The van der Waals surface area contributed by atoms with Crippen LogP contribution < -0.4 is 19.5 Å². The molecule has 3 rings (SSSR count). The monoisotopic (exact) mass is 489 g/mol. The number of methoxy groups -OCH3 is 3. The molecule has 0 atom stereocenters. The number of nitrogens with one attached hydrogen (secondary N) is 1. The standard InChI is InChI=1S/C27H27N3O6/c1-17-18(2)30(20-9-7-6-8-10-20)27(21(17)15-28)29-24(31)16-36-25(32)12-11-19-13-22(33-3)26(35-5)23(14-19)34-4/h6-14H,16H2,1-5H3,(H,29,31)/b12-11+. The van der Waals surface area contributed by atoms with Gasteiger partial charge < -0.3 is 24.3 Å². The van der Waals surface area contributed by atoms with Crippen molar-refractivity contribution in [2.75, 3.05) is 33.3 Å². The van der Waals surface area contributed by atoms with Crippen LogP contribution in [0.2, 0.25) is 0 Å². The van der Waals surface area contributed by atoms with Crippen molar-refractivity contribution < 1.29 is 28.5 Å². The van der Waals surface area contributed by atoms with Crippen molar-refractivity contribution in [2.24, 2.45) is 0 Å². The van der Waals surface area contributed by atoms with Gasteiger partial charge in [-0.25, -0.2) is 4.79 Å². The van der Waals surface area contributed by atoms with Crippen LogP contribution in [0.25, 0.3) is 11.8 Å². The largest absolute Gasteiger partial charge is 0.493 e. The number of rotatable bonds is 9. The number of ether oxygens (including phenoxy) is 4. The van der Waals surface area contributed by atoms with E-state index in [4.69, 9.17) is 18.9 Å². The maximum absolute atomic E-state index is 12.6. The third-order valence-electron chi connectivity index (χ3n) is 5.54. The molecule has 0 aliphatic rings. The van der Waals surface area contributed by atoms with Gasteiger partial charge in [0.2, 0.25) is 5.75 Å². The average Bonchev–Trinajstić information content (AvgIpc) is 3.13. The maximum Gasteiger partial charge on any atom is 0.331 e. The van der Waals surface area contributed by atoms with Crippen LogP contribution in [0.15, 0.2) is 48.5 Å². The van der Waals surface area contributed by atoms with Crippen LogP contribution in [0.3, 0.4) is 0 Å². The number of para-hydroxylation sites is 1. The zero-order chi connectivity index (χ0) is 26.2. The first-order valence-electron chi connectivity index (χ1n) is 11.0. The van der Waals surface area contributed by atoms with Crippen LogP contribution in [0, 0.1) is 25.2 Å². The molecule has 2 aromatic carbocycles. The van der Waals surface area contributed by atoms with Crippen LogP contribution in [0.4, 0.5) is 5.82 Å². The zero-order valence-corrected chi connectivity index (χ0v) is 20.7. The highest BCUT2D eigenvalue weighted by atomic mass is 16.5. The van der Waals surface area contributed by atoms with E-state index in [1.54, 1.807) is 16.7 Å². The van der Waals surface area contributed by atoms with E-state index in [9.17, 15) is 14.9 Å². The molecule has 0 aliphatic heterocycles. The molecule has 186 valence electrons. The molecule has 1 heterocycles. The van der Waals surface area contributed by atoms with Gasteiger partial charge >= 0.3 is 5.97 Å². The molecule has 0 bridgehead atoms. The van der Waals surface area contributed by atoms with Gasteiger partial charge in [-0.1, -0.05) is 18.2 Å². The Morgan fingerprint density at radius 3 is 2.22 bits per heavy atom. The van der Waals surface area contributed by atoms with Gasteiger partial charge in [0.15, 0.2) is 18.1 Å². The summed E-state index contributed by atoms with van der Waals surface area (Å²) in [7, 11) is 4.48. The highest BCUT2D eigenvalue weighted by Gasteiger charge is 2.21. The second-order valence-corrected chi connectivity index (χ2v) is 7.66. The Hall–Kier alpha value is -4.71. The molecule has 0 fully saturated rings. The Morgan fingerprint density at radius 2 is 1.67 bits per heavy atom. The summed E-state index contributed by atoms with van der Waals surface area (Å²) in [6.07, 6.45) is 2.70. The van der Waals surface area contributed by atoms with Crippen LogP contribution in [0.1, 0.15) is 22.4 Å². The summed E-state index contributed by atoms with van der Waals surface area (Å²) in [6, 6.07) is 14.8. The lowest BCUT2D eigenvalue weighted by atomic mass is 10.1. The minimum absolute atomic E-state index is 0.327. The van der Waals surface area contributed by atoms with Crippen LogP contribution >= 0.6 is 0 Å². The molecule has 0 saturated heterocycles. The van der Waals surface area contributed by atoms with Crippen molar-refractivity contribution in [3.05, 3.63) is 70.9 Å². The van der Waals surface area contributed by atoms with Crippen molar-refractivity contribution in [3.8, 4) is 29.0 Å². The van der Waals surface area contributed by atoms with Gasteiger partial charge in [-0.05, 0) is 55.3 Å². The lowest BCUT2D eigenvalue weighted by molar-refractivity contribution is -0.142. The van der Waals surface area contributed by atoms with E-state index < -0.39 is 18.5 Å². The Kier molecular flexibility index (Phi) is 8.36. The second-order valence-electron chi connectivity index (χ2n) is 7.66. The minimum atomic E-state index is -0.717. The van der Waals surface area contributed by atoms with Gasteiger partial charge in [0.25, 0.3) is 5.91 Å². The normalized spacial score (nSPS) is 10.6. The first kappa shape index (κ1) is 25.9. The van der Waals surface area contributed by atoms with Crippen LogP contribution in [-0.2, 0) is 14.3 Å². The number of hydrogen-bond acceptors (Lipinski definition) is 7. The maximum atomic E-state index is 12.6. The minimum Gasteiger partial charge on any atom is -0.493 e. The molecule has 1 aromatic heterocycles. The number of hydrogen-bond donors (Lipinski definition) is 1. The number of aromatic nitrogens is 1. The number of nitriles is 1. The predicted molar refractivity (Wildman–Crippen MR) is 135 cm³/mol. The van der Waals surface area contributed by atoms with Crippen molar-refractivity contribution in [1.29, 1.82) is 5.26 Å². The number of carbonyl (C=O) groups is 2. The van der Waals surface area contributed by atoms with Gasteiger partial charge in [-0.15, -0.1) is 0 Å². The summed E-state index contributed by atoms with van der Waals surface area (Å²) in [4.78, 5) is 24.9. The Morgan fingerprint density at radius 1 is 1.03 bits per heavy atom. The van der Waals surface area contributed by atoms with E-state index in [-0.39, 0.29) is 0 Å². The molecule has 1 amide bonds. The third kappa shape index (κ3) is 5.50. The summed E-state index contributed by atoms with van der Waals surface area (Å²) in [5.41, 5.74) is 3.31. The Balaban J connectivity index is 1.71. The van der Waals surface area contributed by atoms with Crippen molar-refractivity contribution in [3.63, 3.8) is 0 Å². The topological polar surface area (TPSA) is 112 Å². The van der Waals surface area contributed by atoms with E-state index in [1.165, 1.54) is 33.5 Å². The summed E-state index contributed by atoms with van der Waals surface area (Å²) in [5, 5.41) is 12.4. The van der Waals surface area contributed by atoms with Gasteiger partial charge in [-0.3, -0.25) is 9.36 Å². The molecule has 0 aliphatic carbocycles. The molecule has 0 unspecified atom stereocenters. The van der Waals surface area contributed by atoms with E-state index in [2.05, 4.69) is 11.4 Å². The smallest absolute Gasteiger partial charge is 0.331 e. The molecule has 9 nitrogen and oxygen atoms in total. The molecular formula is C27H27N3O6. The van der Waals surface area contributed by atoms with Gasteiger partial charge in [0.05, 0.1) is 26.9 Å². The van der Waals surface area contributed by atoms with Gasteiger partial charge in [0.1, 0.15) is 11.9 Å². The van der Waals surface area contributed by atoms with Crippen molar-refractivity contribution >= 4 is 23.8 Å². The number of benzene rings is 2. The van der Waals surface area contributed by atoms with Crippen LogP contribution in [0.5, 0.6) is 17.2 Å². The molecule has 0 saturated carbocycles. The molecule has 1 N–H and O–H groups in total. The highest BCUT2D eigenvalue weighted by molar-refractivity contribution is 5.95. The average molecular weight is 490 g/mol. The first-order valence-corrected chi connectivity index (χ1v) is 11.0. The lowest BCUT2D eigenvalue weighted by Gasteiger charge is -2.13. The predicted octanol–water partition coefficient (Wildman–Crippen LogP) is 4.19. The van der Waals surface area contributed by atoms with E-state index in [0.29, 0.717) is 34.2 Å². The highest BCUT2D eigenvalue weighted by Crippen LogP contribution is 2.38. The van der Waals surface area contributed by atoms with E-state index >= 15 is 0 Å². The molecule has 0 spiro atoms. The summed E-state index contributed by atoms with van der Waals surface area (Å²) < 4.78 is 22.8. The fourth-order valence-electron chi connectivity index (χ4n) is 3.68. The number of carbonyl (C=O) groups excluding carboxylic acids is 2. The second kappa shape index (κ2) is 11.6. The van der Waals surface area contributed by atoms with Crippen LogP contribution in [-0.4, -0.2) is 44.4 Å². The molecule has 3 aromatic rings. The Bertz CT molecular complexity index is 1310. The van der Waals surface area contributed by atoms with Crippen molar-refractivity contribution in [1.82, 2.24) is 4.57 Å². The fourth-order valence-corrected chi connectivity index (χ4v) is 3.68. The van der Waals surface area contributed by atoms with Gasteiger partial charge in [-0.2, -0.15) is 5.26 Å². The number of anilines is 1. The number of nitrogens with zero attached hydrogens (tertiary/aromatic N) is 2. The molecule has 36 heavy (non-hydrogen) atoms. The number of amides is 1. The van der Waals surface area contributed by atoms with E-state index in [1.807, 2.05) is 44.2 Å². The van der Waals surface area contributed by atoms with E-state index in [0.717, 1.165) is 16.9 Å². The quantitative estimate of drug-likeness (QED) is 0.354. The third-order valence-corrected chi connectivity index (χ3v) is 5.54. The number of esters is 1. The summed E-state index contributed by atoms with van der Waals surface area (Å²) >= 11 is 0. The summed E-state index contributed by atoms with van der Waals surface area (Å²) in [5.74, 6) is 0.335. The summed E-state index contributed by atoms with van der Waals surface area (Å²) in [6.45, 7) is 3.16. The lowest BCUT2D eigenvalue weighted by Crippen LogP contribution is -2.22. The first-order chi connectivity index (χ1) is 17.3. The molecule has 9 heteroatoms. The fraction of sp³-hybridized carbons (Fsp3) is 0.222. The Labute approximate surface area is 209 Å². The van der Waals surface area contributed by atoms with Gasteiger partial charge in [0, 0.05) is 17.5 Å². The zero-order valence-electron chi connectivity index (χ0n) is 20.7. The SMILES string of the molecule is COc1cc(/C=C/C(=O)OCC(=O)Nc2c(C#N)c(C)c(C)n2-c2ccccc2)cc(OC)c1OC. The molecule has 0 radical (unpaired) electrons. The van der Waals surface area contributed by atoms with Crippen molar-refractivity contribution in [2.45, 2.75) is 13.8 Å².